The number of carboxylic acid groups (broad SMARTS) is 1. The lowest BCUT2D eigenvalue weighted by molar-refractivity contribution is 0.0697. The van der Waals surface area contributed by atoms with Gasteiger partial charge in [-0.25, -0.2) is 4.79 Å². The van der Waals surface area contributed by atoms with E-state index in [1.54, 1.807) is 25.3 Å². The Bertz CT molecular complexity index is 485. The number of nitrogens with zero attached hydrogens (tertiary/aromatic N) is 2. The molecule has 0 aliphatic rings. The van der Waals surface area contributed by atoms with Crippen LogP contribution in [0.25, 0.3) is 0 Å². The SMILES string of the molecule is COCCN(CCC#N)c1cc(Br)ccc1C(=O)O. The monoisotopic (exact) mass is 326 g/mol. The summed E-state index contributed by atoms with van der Waals surface area (Å²) < 4.78 is 5.82. The van der Waals surface area contributed by atoms with Crippen LogP contribution >= 0.6 is 15.9 Å². The molecule has 1 aromatic carbocycles. The number of aromatic carboxylic acids is 1. The van der Waals surface area contributed by atoms with Crippen molar-refractivity contribution in [1.82, 2.24) is 0 Å². The van der Waals surface area contributed by atoms with Crippen LogP contribution in [0, 0.1) is 11.3 Å². The molecule has 19 heavy (non-hydrogen) atoms. The van der Waals surface area contributed by atoms with E-state index >= 15 is 0 Å². The molecule has 0 amide bonds. The summed E-state index contributed by atoms with van der Waals surface area (Å²) in [5.74, 6) is -0.984. The molecule has 0 bridgehead atoms. The molecule has 1 rings (SSSR count). The highest BCUT2D eigenvalue weighted by Gasteiger charge is 2.16. The molecule has 0 aliphatic carbocycles. The van der Waals surface area contributed by atoms with Gasteiger partial charge in [0.25, 0.3) is 0 Å². The Morgan fingerprint density at radius 1 is 1.53 bits per heavy atom. The lowest BCUT2D eigenvalue weighted by Crippen LogP contribution is -2.29. The van der Waals surface area contributed by atoms with Crippen LogP contribution in [-0.2, 0) is 4.74 Å². The Labute approximate surface area is 120 Å². The van der Waals surface area contributed by atoms with E-state index in [1.807, 2.05) is 4.90 Å². The van der Waals surface area contributed by atoms with Crippen molar-refractivity contribution in [3.8, 4) is 6.07 Å². The summed E-state index contributed by atoms with van der Waals surface area (Å²) >= 11 is 3.33. The maximum Gasteiger partial charge on any atom is 0.337 e. The lowest BCUT2D eigenvalue weighted by Gasteiger charge is -2.25. The van der Waals surface area contributed by atoms with Gasteiger partial charge < -0.3 is 14.7 Å². The summed E-state index contributed by atoms with van der Waals surface area (Å²) in [6.45, 7) is 1.47. The Morgan fingerprint density at radius 3 is 2.84 bits per heavy atom. The average Bonchev–Trinajstić information content (AvgIpc) is 2.38. The van der Waals surface area contributed by atoms with Crippen molar-refractivity contribution in [3.63, 3.8) is 0 Å². The minimum absolute atomic E-state index is 0.220. The predicted octanol–water partition coefficient (Wildman–Crippen LogP) is 2.51. The minimum Gasteiger partial charge on any atom is -0.478 e. The van der Waals surface area contributed by atoms with E-state index < -0.39 is 5.97 Å². The second kappa shape index (κ2) is 7.77. The van der Waals surface area contributed by atoms with Crippen molar-refractivity contribution in [1.29, 1.82) is 5.26 Å². The average molecular weight is 327 g/mol. The largest absolute Gasteiger partial charge is 0.478 e. The number of rotatable bonds is 7. The molecule has 0 spiro atoms. The Morgan fingerprint density at radius 2 is 2.26 bits per heavy atom. The summed E-state index contributed by atoms with van der Waals surface area (Å²) in [4.78, 5) is 13.1. The van der Waals surface area contributed by atoms with Gasteiger partial charge in [-0.1, -0.05) is 15.9 Å². The highest BCUT2D eigenvalue weighted by molar-refractivity contribution is 9.10. The van der Waals surface area contributed by atoms with Gasteiger partial charge in [0.05, 0.1) is 30.3 Å². The number of halogens is 1. The Balaban J connectivity index is 3.08. The van der Waals surface area contributed by atoms with Gasteiger partial charge in [0.15, 0.2) is 0 Å². The summed E-state index contributed by atoms with van der Waals surface area (Å²) in [5.41, 5.74) is 0.811. The highest BCUT2D eigenvalue weighted by Crippen LogP contribution is 2.25. The molecule has 1 N–H and O–H groups in total. The normalized spacial score (nSPS) is 9.95. The summed E-state index contributed by atoms with van der Waals surface area (Å²) in [6, 6.07) is 7.05. The first-order valence-corrected chi connectivity index (χ1v) is 6.53. The number of benzene rings is 1. The van der Waals surface area contributed by atoms with Crippen molar-refractivity contribution in [2.45, 2.75) is 6.42 Å². The van der Waals surface area contributed by atoms with Crippen LogP contribution in [0.15, 0.2) is 22.7 Å². The second-order valence-corrected chi connectivity index (χ2v) is 4.77. The molecule has 0 atom stereocenters. The van der Waals surface area contributed by atoms with Gasteiger partial charge in [0.2, 0.25) is 0 Å². The molecule has 0 saturated carbocycles. The molecule has 0 radical (unpaired) electrons. The third-order valence-electron chi connectivity index (χ3n) is 2.59. The van der Waals surface area contributed by atoms with Gasteiger partial charge in [-0.05, 0) is 18.2 Å². The molecule has 6 heteroatoms. The van der Waals surface area contributed by atoms with E-state index in [4.69, 9.17) is 10.00 Å². The molecule has 0 saturated heterocycles. The van der Waals surface area contributed by atoms with E-state index in [1.165, 1.54) is 0 Å². The minimum atomic E-state index is -0.984. The quantitative estimate of drug-likeness (QED) is 0.833. The summed E-state index contributed by atoms with van der Waals surface area (Å²) in [7, 11) is 1.58. The first kappa shape index (κ1) is 15.5. The Hall–Kier alpha value is -1.58. The molecule has 5 nitrogen and oxygen atoms in total. The number of methoxy groups -OCH3 is 1. The zero-order chi connectivity index (χ0) is 14.3. The fourth-order valence-electron chi connectivity index (χ4n) is 1.69. The third kappa shape index (κ3) is 4.54. The standard InChI is InChI=1S/C13H15BrN2O3/c1-19-8-7-16(6-2-5-15)12-9-10(14)3-4-11(12)13(17)18/h3-4,9H,2,6-8H2,1H3,(H,17,18). The summed E-state index contributed by atoms with van der Waals surface area (Å²) in [6.07, 6.45) is 0.329. The number of hydrogen-bond acceptors (Lipinski definition) is 4. The molecule has 1 aromatic rings. The molecular formula is C13H15BrN2O3. The van der Waals surface area contributed by atoms with Gasteiger partial charge in [-0.3, -0.25) is 0 Å². The number of carbonyl (C=O) groups is 1. The van der Waals surface area contributed by atoms with Crippen LogP contribution in [0.5, 0.6) is 0 Å². The van der Waals surface area contributed by atoms with Crippen LogP contribution in [0.2, 0.25) is 0 Å². The van der Waals surface area contributed by atoms with E-state index in [0.717, 1.165) is 4.47 Å². The van der Waals surface area contributed by atoms with Gasteiger partial charge in [-0.15, -0.1) is 0 Å². The van der Waals surface area contributed by atoms with Crippen LogP contribution in [-0.4, -0.2) is 37.9 Å². The molecule has 0 unspecified atom stereocenters. The van der Waals surface area contributed by atoms with Crippen molar-refractivity contribution in [2.24, 2.45) is 0 Å². The van der Waals surface area contributed by atoms with Gasteiger partial charge in [0, 0.05) is 24.7 Å². The lowest BCUT2D eigenvalue weighted by atomic mass is 10.1. The van der Waals surface area contributed by atoms with Crippen molar-refractivity contribution < 1.29 is 14.6 Å². The zero-order valence-corrected chi connectivity index (χ0v) is 12.2. The molecule has 0 aliphatic heterocycles. The maximum absolute atomic E-state index is 11.2. The maximum atomic E-state index is 11.2. The van der Waals surface area contributed by atoms with Crippen LogP contribution in [0.4, 0.5) is 5.69 Å². The first-order chi connectivity index (χ1) is 9.10. The first-order valence-electron chi connectivity index (χ1n) is 5.73. The number of nitriles is 1. The molecule has 102 valence electrons. The third-order valence-corrected chi connectivity index (χ3v) is 3.08. The van der Waals surface area contributed by atoms with Crippen molar-refractivity contribution >= 4 is 27.6 Å². The topological polar surface area (TPSA) is 73.6 Å². The van der Waals surface area contributed by atoms with Gasteiger partial charge in [-0.2, -0.15) is 5.26 Å². The van der Waals surface area contributed by atoms with E-state index in [9.17, 15) is 9.90 Å². The molecule has 0 fully saturated rings. The zero-order valence-electron chi connectivity index (χ0n) is 10.6. The number of carboxylic acids is 1. The van der Waals surface area contributed by atoms with Crippen LogP contribution in [0.1, 0.15) is 16.8 Å². The number of ether oxygens (including phenoxy) is 1. The predicted molar refractivity (Wildman–Crippen MR) is 75.4 cm³/mol. The van der Waals surface area contributed by atoms with Crippen molar-refractivity contribution in [2.75, 3.05) is 31.7 Å². The summed E-state index contributed by atoms with van der Waals surface area (Å²) in [5, 5.41) is 17.9. The number of anilines is 1. The second-order valence-electron chi connectivity index (χ2n) is 3.85. The smallest absolute Gasteiger partial charge is 0.337 e. The van der Waals surface area contributed by atoms with E-state index in [0.29, 0.717) is 31.8 Å². The molecule has 0 heterocycles. The van der Waals surface area contributed by atoms with Gasteiger partial charge >= 0.3 is 5.97 Å². The van der Waals surface area contributed by atoms with Gasteiger partial charge in [0.1, 0.15) is 0 Å². The Kier molecular flexibility index (Phi) is 6.33. The van der Waals surface area contributed by atoms with E-state index in [-0.39, 0.29) is 5.56 Å². The fourth-order valence-corrected chi connectivity index (χ4v) is 2.04. The van der Waals surface area contributed by atoms with Crippen LogP contribution in [0.3, 0.4) is 0 Å². The highest BCUT2D eigenvalue weighted by atomic mass is 79.9. The van der Waals surface area contributed by atoms with Crippen molar-refractivity contribution in [3.05, 3.63) is 28.2 Å². The van der Waals surface area contributed by atoms with E-state index in [2.05, 4.69) is 22.0 Å². The fraction of sp³-hybridized carbons (Fsp3) is 0.385. The molecular weight excluding hydrogens is 312 g/mol. The molecule has 0 aromatic heterocycles. The number of hydrogen-bond donors (Lipinski definition) is 1. The van der Waals surface area contributed by atoms with Crippen LogP contribution < -0.4 is 4.90 Å².